The van der Waals surface area contributed by atoms with Gasteiger partial charge in [0.05, 0.1) is 0 Å². The van der Waals surface area contributed by atoms with Crippen LogP contribution >= 0.6 is 0 Å². The number of fused-ring (bicyclic) bond motifs is 1. The van der Waals surface area contributed by atoms with Crippen LogP contribution in [-0.4, -0.2) is 21.7 Å². The predicted molar refractivity (Wildman–Crippen MR) is 153 cm³/mol. The van der Waals surface area contributed by atoms with Gasteiger partial charge in [0, 0.05) is 24.4 Å². The van der Waals surface area contributed by atoms with Gasteiger partial charge in [0.25, 0.3) is 0 Å². The third-order valence-corrected chi connectivity index (χ3v) is 7.18. The van der Waals surface area contributed by atoms with E-state index >= 15 is 0 Å². The number of aryl methyl sites for hydroxylation is 4. The molecule has 0 bridgehead atoms. The minimum atomic E-state index is -0.961. The van der Waals surface area contributed by atoms with Gasteiger partial charge in [0.15, 0.2) is 6.10 Å². The highest BCUT2D eigenvalue weighted by Gasteiger charge is 2.20. The molecule has 0 fully saturated rings. The minimum Gasteiger partial charge on any atom is -0.478 e. The number of hydrogen-bond acceptors (Lipinski definition) is 2. The van der Waals surface area contributed by atoms with Gasteiger partial charge in [-0.1, -0.05) is 84.9 Å². The monoisotopic (exact) mass is 503 g/mol. The Kier molecular flexibility index (Phi) is 7.89. The maximum Gasteiger partial charge on any atom is 0.345 e. The summed E-state index contributed by atoms with van der Waals surface area (Å²) in [5, 5.41) is 12.3. The van der Waals surface area contributed by atoms with Crippen LogP contribution in [0.25, 0.3) is 10.8 Å². The van der Waals surface area contributed by atoms with Crippen LogP contribution in [0.1, 0.15) is 28.1 Å². The Labute approximate surface area is 224 Å². The van der Waals surface area contributed by atoms with Crippen molar-refractivity contribution in [2.24, 2.45) is 0 Å². The van der Waals surface area contributed by atoms with Crippen molar-refractivity contribution < 1.29 is 14.6 Å². The number of carbonyl (C=O) groups is 1. The van der Waals surface area contributed by atoms with Crippen molar-refractivity contribution in [1.29, 1.82) is 0 Å². The zero-order chi connectivity index (χ0) is 26.3. The first-order valence-corrected chi connectivity index (χ1v) is 13.2. The summed E-state index contributed by atoms with van der Waals surface area (Å²) >= 11 is 0. The molecule has 4 nitrogen and oxygen atoms in total. The number of ether oxygens (including phenoxy) is 1. The zero-order valence-electron chi connectivity index (χ0n) is 21.7. The summed E-state index contributed by atoms with van der Waals surface area (Å²) in [5.74, 6) is -0.387. The van der Waals surface area contributed by atoms with Crippen molar-refractivity contribution >= 4 is 16.7 Å². The summed E-state index contributed by atoms with van der Waals surface area (Å²) in [6.45, 7) is 3.06. The molecule has 0 radical (unpaired) electrons. The fourth-order valence-corrected chi connectivity index (χ4v) is 5.08. The Balaban J connectivity index is 1.20. The topological polar surface area (TPSA) is 51.5 Å². The second-order valence-electron chi connectivity index (χ2n) is 9.78. The lowest BCUT2D eigenvalue weighted by Gasteiger charge is -2.16. The summed E-state index contributed by atoms with van der Waals surface area (Å²) in [7, 11) is 0. The molecule has 0 saturated carbocycles. The van der Waals surface area contributed by atoms with E-state index in [0.717, 1.165) is 31.4 Å². The number of carboxylic acids is 1. The molecule has 0 unspecified atom stereocenters. The molecule has 4 aromatic carbocycles. The summed E-state index contributed by atoms with van der Waals surface area (Å²) in [5.41, 5.74) is 6.13. The molecule has 192 valence electrons. The van der Waals surface area contributed by atoms with Gasteiger partial charge in [-0.2, -0.15) is 0 Å². The Morgan fingerprint density at radius 1 is 0.763 bits per heavy atom. The molecule has 0 aliphatic heterocycles. The van der Waals surface area contributed by atoms with Gasteiger partial charge in [-0.3, -0.25) is 0 Å². The molecule has 1 heterocycles. The summed E-state index contributed by atoms with van der Waals surface area (Å²) < 4.78 is 8.24. The van der Waals surface area contributed by atoms with E-state index in [1.54, 1.807) is 0 Å². The summed E-state index contributed by atoms with van der Waals surface area (Å²) in [6.07, 6.45) is 2.29. The van der Waals surface area contributed by atoms with E-state index in [4.69, 9.17) is 4.74 Å². The molecule has 4 heteroatoms. The van der Waals surface area contributed by atoms with Gasteiger partial charge in [-0.25, -0.2) is 4.79 Å². The van der Waals surface area contributed by atoms with Gasteiger partial charge in [-0.05, 0) is 77.9 Å². The highest BCUT2D eigenvalue weighted by Crippen LogP contribution is 2.22. The van der Waals surface area contributed by atoms with E-state index in [2.05, 4.69) is 66.1 Å². The van der Waals surface area contributed by atoms with Gasteiger partial charge in [-0.15, -0.1) is 0 Å². The van der Waals surface area contributed by atoms with Crippen molar-refractivity contribution in [3.63, 3.8) is 0 Å². The van der Waals surface area contributed by atoms with Gasteiger partial charge < -0.3 is 14.4 Å². The third kappa shape index (κ3) is 6.15. The second kappa shape index (κ2) is 11.8. The molecule has 0 aliphatic rings. The maximum atomic E-state index is 11.8. The van der Waals surface area contributed by atoms with Gasteiger partial charge in [0.2, 0.25) is 0 Å². The molecule has 0 aliphatic carbocycles. The van der Waals surface area contributed by atoms with E-state index in [9.17, 15) is 9.90 Å². The normalized spacial score (nSPS) is 11.9. The molecular weight excluding hydrogens is 470 g/mol. The Morgan fingerprint density at radius 2 is 1.50 bits per heavy atom. The number of nitrogens with zero attached hydrogens (tertiary/aromatic N) is 1. The van der Waals surface area contributed by atoms with Crippen molar-refractivity contribution in [1.82, 2.24) is 4.57 Å². The van der Waals surface area contributed by atoms with Gasteiger partial charge in [0.1, 0.15) is 5.75 Å². The van der Waals surface area contributed by atoms with Crippen LogP contribution in [0.5, 0.6) is 5.75 Å². The fraction of sp³-hybridized carbons (Fsp3) is 0.206. The summed E-state index contributed by atoms with van der Waals surface area (Å²) in [6, 6.07) is 37.0. The molecule has 5 rings (SSSR count). The number of hydrogen-bond donors (Lipinski definition) is 1. The molecule has 1 aromatic heterocycles. The van der Waals surface area contributed by atoms with E-state index < -0.39 is 12.1 Å². The molecule has 1 N–H and O–H groups in total. The van der Waals surface area contributed by atoms with Crippen LogP contribution in [0.15, 0.2) is 109 Å². The average Bonchev–Trinajstić information content (AvgIpc) is 3.30. The molecule has 5 aromatic rings. The van der Waals surface area contributed by atoms with Crippen molar-refractivity contribution in [3.8, 4) is 5.75 Å². The van der Waals surface area contributed by atoms with Gasteiger partial charge >= 0.3 is 5.97 Å². The third-order valence-electron chi connectivity index (χ3n) is 7.18. The molecule has 0 saturated heterocycles. The first kappa shape index (κ1) is 25.3. The van der Waals surface area contributed by atoms with Crippen LogP contribution in [0.3, 0.4) is 0 Å². The maximum absolute atomic E-state index is 11.8. The Bertz CT molecular complexity index is 1500. The van der Waals surface area contributed by atoms with E-state index in [1.165, 1.54) is 33.3 Å². The Morgan fingerprint density at radius 3 is 2.29 bits per heavy atom. The van der Waals surface area contributed by atoms with Crippen LogP contribution in [0, 0.1) is 6.92 Å². The first-order chi connectivity index (χ1) is 18.6. The van der Waals surface area contributed by atoms with Crippen molar-refractivity contribution in [2.75, 3.05) is 0 Å². The number of rotatable bonds is 11. The van der Waals surface area contributed by atoms with E-state index in [-0.39, 0.29) is 0 Å². The van der Waals surface area contributed by atoms with Crippen molar-refractivity contribution in [3.05, 3.63) is 137 Å². The van der Waals surface area contributed by atoms with E-state index in [1.807, 2.05) is 54.6 Å². The zero-order valence-corrected chi connectivity index (χ0v) is 21.7. The lowest BCUT2D eigenvalue weighted by atomic mass is 10.0. The molecule has 0 spiro atoms. The van der Waals surface area contributed by atoms with Crippen LogP contribution in [0.2, 0.25) is 0 Å². The lowest BCUT2D eigenvalue weighted by Crippen LogP contribution is -2.29. The largest absolute Gasteiger partial charge is 0.478 e. The number of aliphatic carboxylic acids is 1. The second-order valence-corrected chi connectivity index (χ2v) is 9.78. The molecule has 0 amide bonds. The van der Waals surface area contributed by atoms with Crippen LogP contribution in [-0.2, 0) is 37.0 Å². The molecular formula is C34H33NO3. The quantitative estimate of drug-likeness (QED) is 0.210. The minimum absolute atomic E-state index is 0.326. The standard InChI is InChI=1S/C34H33NO3/c1-25-14-18-30(19-17-29-12-7-11-28-10-5-6-13-32(28)29)35(25)23-22-26-15-20-31(21-16-26)38-33(34(36)37)24-27-8-3-2-4-9-27/h2-16,18,20-21,33H,17,19,22-24H2,1H3,(H,36,37)/t33-/m1/s1. The van der Waals surface area contributed by atoms with Crippen LogP contribution < -0.4 is 4.74 Å². The Hall–Kier alpha value is -4.31. The average molecular weight is 504 g/mol. The predicted octanol–water partition coefficient (Wildman–Crippen LogP) is 7.05. The number of carboxylic acid groups (broad SMARTS) is 1. The smallest absolute Gasteiger partial charge is 0.345 e. The molecule has 38 heavy (non-hydrogen) atoms. The van der Waals surface area contributed by atoms with Crippen LogP contribution in [0.4, 0.5) is 0 Å². The highest BCUT2D eigenvalue weighted by molar-refractivity contribution is 5.85. The number of aromatic nitrogens is 1. The number of benzene rings is 4. The molecule has 1 atom stereocenters. The fourth-order valence-electron chi connectivity index (χ4n) is 5.08. The SMILES string of the molecule is Cc1ccc(CCc2cccc3ccccc23)n1CCc1ccc(O[C@H](Cc2ccccc2)C(=O)O)cc1. The summed E-state index contributed by atoms with van der Waals surface area (Å²) in [4.78, 5) is 11.8. The highest BCUT2D eigenvalue weighted by atomic mass is 16.5. The van der Waals surface area contributed by atoms with E-state index in [0.29, 0.717) is 12.2 Å². The van der Waals surface area contributed by atoms with Crippen molar-refractivity contribution in [2.45, 2.75) is 45.3 Å². The first-order valence-electron chi connectivity index (χ1n) is 13.2. The lowest BCUT2D eigenvalue weighted by molar-refractivity contribution is -0.145.